The fourth-order valence-corrected chi connectivity index (χ4v) is 2.06. The Morgan fingerprint density at radius 3 is 2.43 bits per heavy atom. The second kappa shape index (κ2) is 7.84. The van der Waals surface area contributed by atoms with Gasteiger partial charge >= 0.3 is 0 Å². The molecule has 0 aromatic heterocycles. The summed E-state index contributed by atoms with van der Waals surface area (Å²) in [4.78, 5) is 11.6. The first-order valence-electron chi connectivity index (χ1n) is 6.32. The summed E-state index contributed by atoms with van der Waals surface area (Å²) in [6.45, 7) is 0.722. The zero-order chi connectivity index (χ0) is 15.1. The summed E-state index contributed by atoms with van der Waals surface area (Å²) in [7, 11) is 0. The monoisotopic (exact) mass is 398 g/mol. The van der Waals surface area contributed by atoms with Crippen LogP contribution in [0.15, 0.2) is 48.5 Å². The summed E-state index contributed by atoms with van der Waals surface area (Å²) in [6.07, 6.45) is 0. The van der Waals surface area contributed by atoms with Gasteiger partial charge in [0.15, 0.2) is 0 Å². The van der Waals surface area contributed by atoms with Crippen molar-refractivity contribution in [1.82, 2.24) is 5.43 Å². The van der Waals surface area contributed by atoms with E-state index in [4.69, 9.17) is 15.3 Å². The van der Waals surface area contributed by atoms with Gasteiger partial charge in [-0.1, -0.05) is 12.1 Å². The third-order valence-electron chi connectivity index (χ3n) is 2.69. The zero-order valence-electron chi connectivity index (χ0n) is 11.2. The third-order valence-corrected chi connectivity index (χ3v) is 3.41. The number of hydrogen-bond acceptors (Lipinski definition) is 4. The van der Waals surface area contributed by atoms with Gasteiger partial charge in [-0.3, -0.25) is 10.2 Å². The van der Waals surface area contributed by atoms with Crippen LogP contribution in [-0.2, 0) is 0 Å². The van der Waals surface area contributed by atoms with Gasteiger partial charge in [0, 0.05) is 3.57 Å². The molecule has 0 atom stereocenters. The Morgan fingerprint density at radius 1 is 1.05 bits per heavy atom. The number of benzene rings is 2. The molecule has 0 fully saturated rings. The van der Waals surface area contributed by atoms with Crippen molar-refractivity contribution in [1.29, 1.82) is 0 Å². The summed E-state index contributed by atoms with van der Waals surface area (Å²) >= 11 is 2.23. The predicted molar refractivity (Wildman–Crippen MR) is 88.2 cm³/mol. The van der Waals surface area contributed by atoms with E-state index in [0.717, 1.165) is 9.32 Å². The van der Waals surface area contributed by atoms with E-state index in [9.17, 15) is 4.79 Å². The summed E-state index contributed by atoms with van der Waals surface area (Å²) < 4.78 is 12.3. The van der Waals surface area contributed by atoms with Gasteiger partial charge in [0.1, 0.15) is 24.7 Å². The molecule has 21 heavy (non-hydrogen) atoms. The standard InChI is InChI=1S/C15H15IN2O3/c16-11-5-7-12(8-6-11)20-9-10-21-14-4-2-1-3-13(14)15(19)18-17/h1-8H,9-10,17H2,(H,18,19). The number of ether oxygens (including phenoxy) is 2. The van der Waals surface area contributed by atoms with Gasteiger partial charge in [-0.25, -0.2) is 5.84 Å². The van der Waals surface area contributed by atoms with Gasteiger partial charge in [0.05, 0.1) is 5.56 Å². The lowest BCUT2D eigenvalue weighted by Gasteiger charge is -2.11. The maximum absolute atomic E-state index is 11.6. The van der Waals surface area contributed by atoms with Crippen molar-refractivity contribution in [3.05, 3.63) is 57.7 Å². The Hall–Kier alpha value is -1.80. The van der Waals surface area contributed by atoms with Gasteiger partial charge in [-0.15, -0.1) is 0 Å². The van der Waals surface area contributed by atoms with Crippen LogP contribution in [-0.4, -0.2) is 19.1 Å². The first-order valence-corrected chi connectivity index (χ1v) is 7.39. The summed E-state index contributed by atoms with van der Waals surface area (Å²) in [6, 6.07) is 14.7. The second-order valence-corrected chi connectivity index (χ2v) is 5.37. The zero-order valence-corrected chi connectivity index (χ0v) is 13.4. The number of halogens is 1. The topological polar surface area (TPSA) is 73.6 Å². The van der Waals surface area contributed by atoms with Crippen molar-refractivity contribution in [3.63, 3.8) is 0 Å². The van der Waals surface area contributed by atoms with E-state index in [1.54, 1.807) is 24.3 Å². The molecule has 0 saturated carbocycles. The number of rotatable bonds is 6. The number of nitrogen functional groups attached to an aromatic ring is 1. The fourth-order valence-electron chi connectivity index (χ4n) is 1.70. The molecular formula is C15H15IN2O3. The lowest BCUT2D eigenvalue weighted by Crippen LogP contribution is -2.30. The van der Waals surface area contributed by atoms with E-state index >= 15 is 0 Å². The maximum atomic E-state index is 11.6. The molecule has 0 heterocycles. The van der Waals surface area contributed by atoms with Crippen molar-refractivity contribution in [2.45, 2.75) is 0 Å². The molecule has 0 aliphatic heterocycles. The Kier molecular flexibility index (Phi) is 5.82. The average molecular weight is 398 g/mol. The second-order valence-electron chi connectivity index (χ2n) is 4.12. The Bertz CT molecular complexity index is 602. The molecule has 2 aromatic carbocycles. The molecule has 0 saturated heterocycles. The van der Waals surface area contributed by atoms with Gasteiger partial charge < -0.3 is 9.47 Å². The molecule has 2 rings (SSSR count). The molecule has 6 heteroatoms. The van der Waals surface area contributed by atoms with Gasteiger partial charge in [-0.2, -0.15) is 0 Å². The van der Waals surface area contributed by atoms with E-state index in [-0.39, 0.29) is 5.91 Å². The van der Waals surface area contributed by atoms with Crippen molar-refractivity contribution < 1.29 is 14.3 Å². The molecule has 0 spiro atoms. The first-order chi connectivity index (χ1) is 10.2. The number of amides is 1. The van der Waals surface area contributed by atoms with Crippen molar-refractivity contribution >= 4 is 28.5 Å². The van der Waals surface area contributed by atoms with E-state index in [2.05, 4.69) is 28.0 Å². The predicted octanol–water partition coefficient (Wildman–Crippen LogP) is 2.35. The summed E-state index contributed by atoms with van der Waals surface area (Å²) in [5, 5.41) is 0. The molecule has 2 aromatic rings. The van der Waals surface area contributed by atoms with Crippen LogP contribution in [0.1, 0.15) is 10.4 Å². The highest BCUT2D eigenvalue weighted by atomic mass is 127. The van der Waals surface area contributed by atoms with E-state index in [0.29, 0.717) is 24.5 Å². The molecule has 0 aliphatic rings. The van der Waals surface area contributed by atoms with Gasteiger partial charge in [0.2, 0.25) is 0 Å². The molecule has 0 unspecified atom stereocenters. The minimum absolute atomic E-state index is 0.334. The molecule has 110 valence electrons. The molecule has 0 bridgehead atoms. The van der Waals surface area contributed by atoms with Crippen LogP contribution < -0.4 is 20.7 Å². The SMILES string of the molecule is NNC(=O)c1ccccc1OCCOc1ccc(I)cc1. The third kappa shape index (κ3) is 4.61. The Morgan fingerprint density at radius 2 is 1.71 bits per heavy atom. The van der Waals surface area contributed by atoms with Crippen molar-refractivity contribution in [3.8, 4) is 11.5 Å². The van der Waals surface area contributed by atoms with Crippen molar-refractivity contribution in [2.75, 3.05) is 13.2 Å². The van der Waals surface area contributed by atoms with Crippen LogP contribution in [0.2, 0.25) is 0 Å². The van der Waals surface area contributed by atoms with E-state index < -0.39 is 0 Å². The lowest BCUT2D eigenvalue weighted by molar-refractivity contribution is 0.0948. The van der Waals surface area contributed by atoms with Crippen LogP contribution in [0.5, 0.6) is 11.5 Å². The lowest BCUT2D eigenvalue weighted by atomic mass is 10.2. The van der Waals surface area contributed by atoms with Gasteiger partial charge in [0.25, 0.3) is 5.91 Å². The molecule has 5 nitrogen and oxygen atoms in total. The summed E-state index contributed by atoms with van der Waals surface area (Å²) in [5.41, 5.74) is 2.49. The highest BCUT2D eigenvalue weighted by molar-refractivity contribution is 14.1. The number of carbonyl (C=O) groups is 1. The van der Waals surface area contributed by atoms with Crippen molar-refractivity contribution in [2.24, 2.45) is 5.84 Å². The van der Waals surface area contributed by atoms with Gasteiger partial charge in [-0.05, 0) is 59.0 Å². The molecule has 3 N–H and O–H groups in total. The molecule has 1 amide bonds. The van der Waals surface area contributed by atoms with Crippen LogP contribution in [0, 0.1) is 3.57 Å². The Labute approximate surface area is 136 Å². The number of carbonyl (C=O) groups excluding carboxylic acids is 1. The average Bonchev–Trinajstić information content (AvgIpc) is 2.53. The smallest absolute Gasteiger partial charge is 0.268 e. The molecular weight excluding hydrogens is 383 g/mol. The summed E-state index contributed by atoms with van der Waals surface area (Å²) in [5.74, 6) is 6.01. The number of nitrogens with two attached hydrogens (primary N) is 1. The van der Waals surface area contributed by atoms with Crippen LogP contribution >= 0.6 is 22.6 Å². The van der Waals surface area contributed by atoms with E-state index in [1.165, 1.54) is 0 Å². The highest BCUT2D eigenvalue weighted by Gasteiger charge is 2.10. The Balaban J connectivity index is 1.86. The van der Waals surface area contributed by atoms with Crippen LogP contribution in [0.25, 0.3) is 0 Å². The molecule has 0 aliphatic carbocycles. The van der Waals surface area contributed by atoms with Crippen LogP contribution in [0.3, 0.4) is 0 Å². The number of nitrogens with one attached hydrogen (secondary N) is 1. The minimum Gasteiger partial charge on any atom is -0.490 e. The quantitative estimate of drug-likeness (QED) is 0.258. The molecule has 0 radical (unpaired) electrons. The minimum atomic E-state index is -0.385. The number of para-hydroxylation sites is 1. The fraction of sp³-hybridized carbons (Fsp3) is 0.133. The normalized spacial score (nSPS) is 10.0. The number of hydrazine groups is 1. The largest absolute Gasteiger partial charge is 0.490 e. The highest BCUT2D eigenvalue weighted by Crippen LogP contribution is 2.18. The number of hydrogen-bond donors (Lipinski definition) is 2. The first kappa shape index (κ1) is 15.6. The van der Waals surface area contributed by atoms with E-state index in [1.807, 2.05) is 24.3 Å². The van der Waals surface area contributed by atoms with Crippen LogP contribution in [0.4, 0.5) is 0 Å². The maximum Gasteiger partial charge on any atom is 0.268 e.